The molecule has 0 heterocycles. The molecule has 98 valence electrons. The van der Waals surface area contributed by atoms with E-state index >= 15 is 0 Å². The summed E-state index contributed by atoms with van der Waals surface area (Å²) in [6.07, 6.45) is 3.44. The van der Waals surface area contributed by atoms with Gasteiger partial charge in [-0.15, -0.1) is 0 Å². The number of hydrogen-bond acceptors (Lipinski definition) is 2. The summed E-state index contributed by atoms with van der Waals surface area (Å²) in [4.78, 5) is 22.6. The number of nitrogens with one attached hydrogen (secondary N) is 2. The van der Waals surface area contributed by atoms with Gasteiger partial charge in [-0.3, -0.25) is 0 Å². The molecule has 2 amide bonds. The number of carboxylic acid groups (broad SMARTS) is 1. The Morgan fingerprint density at radius 1 is 1.41 bits per heavy atom. The lowest BCUT2D eigenvalue weighted by Crippen LogP contribution is -2.53. The van der Waals surface area contributed by atoms with Crippen LogP contribution in [-0.2, 0) is 4.79 Å². The summed E-state index contributed by atoms with van der Waals surface area (Å²) in [6.45, 7) is 5.84. The predicted octanol–water partition coefficient (Wildman–Crippen LogP) is 1.73. The maximum absolute atomic E-state index is 11.7. The summed E-state index contributed by atoms with van der Waals surface area (Å²) in [6, 6.07) is -1.18. The number of carbonyl (C=O) groups excluding carboxylic acids is 1. The zero-order valence-corrected chi connectivity index (χ0v) is 10.7. The van der Waals surface area contributed by atoms with E-state index in [0.717, 1.165) is 19.3 Å². The smallest absolute Gasteiger partial charge is 0.326 e. The second-order valence-electron chi connectivity index (χ2n) is 5.27. The van der Waals surface area contributed by atoms with Crippen LogP contribution in [0.5, 0.6) is 0 Å². The quantitative estimate of drug-likeness (QED) is 0.663. The van der Waals surface area contributed by atoms with Crippen molar-refractivity contribution >= 4 is 12.0 Å². The van der Waals surface area contributed by atoms with Crippen LogP contribution < -0.4 is 10.6 Å². The molecule has 5 nitrogen and oxygen atoms in total. The Morgan fingerprint density at radius 3 is 2.41 bits per heavy atom. The Bertz CT molecular complexity index is 298. The molecule has 0 aromatic heterocycles. The Morgan fingerprint density at radius 2 is 2.00 bits per heavy atom. The fraction of sp³-hybridized carbons (Fsp3) is 0.833. The zero-order chi connectivity index (χ0) is 13.1. The highest BCUT2D eigenvalue weighted by molar-refractivity contribution is 5.82. The van der Waals surface area contributed by atoms with Gasteiger partial charge in [-0.2, -0.15) is 0 Å². The van der Waals surface area contributed by atoms with Crippen LogP contribution in [-0.4, -0.2) is 28.7 Å². The summed E-state index contributed by atoms with van der Waals surface area (Å²) in [5, 5.41) is 14.3. The molecule has 3 N–H and O–H groups in total. The molecule has 5 heteroatoms. The van der Waals surface area contributed by atoms with E-state index in [-0.39, 0.29) is 11.6 Å². The number of amides is 2. The van der Waals surface area contributed by atoms with E-state index in [0.29, 0.717) is 12.3 Å². The molecule has 0 aromatic rings. The normalized spacial score (nSPS) is 17.4. The van der Waals surface area contributed by atoms with Crippen LogP contribution in [0.3, 0.4) is 0 Å². The van der Waals surface area contributed by atoms with Crippen LogP contribution in [0.1, 0.15) is 46.5 Å². The number of urea groups is 1. The summed E-state index contributed by atoms with van der Waals surface area (Å²) in [5.74, 6) is -0.464. The average Bonchev–Trinajstić information content (AvgIpc) is 2.98. The molecule has 1 aliphatic carbocycles. The lowest BCUT2D eigenvalue weighted by atomic mass is 9.99. The number of aliphatic carboxylic acids is 1. The molecule has 1 unspecified atom stereocenters. The molecule has 0 aromatic carbocycles. The number of carboxylic acids is 1. The lowest BCUT2D eigenvalue weighted by Gasteiger charge is -2.27. The van der Waals surface area contributed by atoms with E-state index in [1.54, 1.807) is 0 Å². The third-order valence-corrected chi connectivity index (χ3v) is 3.21. The van der Waals surface area contributed by atoms with Crippen molar-refractivity contribution in [1.29, 1.82) is 0 Å². The largest absolute Gasteiger partial charge is 0.480 e. The van der Waals surface area contributed by atoms with Gasteiger partial charge in [0.25, 0.3) is 0 Å². The first-order valence-electron chi connectivity index (χ1n) is 6.18. The molecule has 0 bridgehead atoms. The Balaban J connectivity index is 2.44. The first-order valence-corrected chi connectivity index (χ1v) is 6.18. The molecule has 0 saturated heterocycles. The van der Waals surface area contributed by atoms with E-state index in [1.807, 2.05) is 20.8 Å². The summed E-state index contributed by atoms with van der Waals surface area (Å²) >= 11 is 0. The van der Waals surface area contributed by atoms with Gasteiger partial charge in [0.1, 0.15) is 6.04 Å². The van der Waals surface area contributed by atoms with Crippen LogP contribution in [0, 0.1) is 5.92 Å². The Labute approximate surface area is 102 Å². The fourth-order valence-corrected chi connectivity index (χ4v) is 1.94. The van der Waals surface area contributed by atoms with Gasteiger partial charge in [0, 0.05) is 5.54 Å². The van der Waals surface area contributed by atoms with Crippen LogP contribution in [0.2, 0.25) is 0 Å². The monoisotopic (exact) mass is 242 g/mol. The third-order valence-electron chi connectivity index (χ3n) is 3.21. The van der Waals surface area contributed by atoms with Crippen LogP contribution in [0.4, 0.5) is 4.79 Å². The van der Waals surface area contributed by atoms with E-state index < -0.39 is 12.0 Å². The van der Waals surface area contributed by atoms with E-state index in [2.05, 4.69) is 10.6 Å². The second-order valence-corrected chi connectivity index (χ2v) is 5.27. The molecule has 0 aliphatic heterocycles. The summed E-state index contributed by atoms with van der Waals surface area (Å²) in [7, 11) is 0. The summed E-state index contributed by atoms with van der Waals surface area (Å²) in [5.41, 5.74) is -0.251. The van der Waals surface area contributed by atoms with E-state index in [4.69, 9.17) is 5.11 Å². The fourth-order valence-electron chi connectivity index (χ4n) is 1.94. The van der Waals surface area contributed by atoms with Crippen molar-refractivity contribution in [3.05, 3.63) is 0 Å². The molecule has 17 heavy (non-hydrogen) atoms. The number of rotatable bonds is 6. The SMILES string of the molecule is CCCC(NC(=O)NC(C)(C)C1CC1)C(=O)O. The van der Waals surface area contributed by atoms with Crippen LogP contribution in [0.15, 0.2) is 0 Å². The molecular weight excluding hydrogens is 220 g/mol. The van der Waals surface area contributed by atoms with Crippen molar-refractivity contribution in [2.75, 3.05) is 0 Å². The first kappa shape index (κ1) is 13.8. The molecule has 1 saturated carbocycles. The van der Waals surface area contributed by atoms with Gasteiger partial charge < -0.3 is 15.7 Å². The average molecular weight is 242 g/mol. The van der Waals surface area contributed by atoms with Gasteiger partial charge in [-0.25, -0.2) is 9.59 Å². The van der Waals surface area contributed by atoms with Gasteiger partial charge in [0.2, 0.25) is 0 Å². The van der Waals surface area contributed by atoms with E-state index in [9.17, 15) is 9.59 Å². The van der Waals surface area contributed by atoms with Crippen molar-refractivity contribution in [2.45, 2.75) is 58.0 Å². The molecule has 0 radical (unpaired) electrons. The molecule has 0 spiro atoms. The minimum Gasteiger partial charge on any atom is -0.480 e. The topological polar surface area (TPSA) is 78.4 Å². The maximum atomic E-state index is 11.7. The predicted molar refractivity (Wildman–Crippen MR) is 64.8 cm³/mol. The molecule has 1 atom stereocenters. The molecule has 1 fully saturated rings. The van der Waals surface area contributed by atoms with Gasteiger partial charge in [-0.05, 0) is 39.0 Å². The highest BCUT2D eigenvalue weighted by atomic mass is 16.4. The minimum absolute atomic E-state index is 0.251. The molecule has 1 aliphatic rings. The zero-order valence-electron chi connectivity index (χ0n) is 10.7. The minimum atomic E-state index is -0.980. The highest BCUT2D eigenvalue weighted by Crippen LogP contribution is 2.39. The number of hydrogen-bond donors (Lipinski definition) is 3. The second kappa shape index (κ2) is 5.38. The van der Waals surface area contributed by atoms with Crippen molar-refractivity contribution < 1.29 is 14.7 Å². The summed E-state index contributed by atoms with van der Waals surface area (Å²) < 4.78 is 0. The van der Waals surface area contributed by atoms with E-state index in [1.165, 1.54) is 0 Å². The lowest BCUT2D eigenvalue weighted by molar-refractivity contribution is -0.139. The van der Waals surface area contributed by atoms with Gasteiger partial charge >= 0.3 is 12.0 Å². The Kier molecular flexibility index (Phi) is 4.37. The Hall–Kier alpha value is -1.26. The molecule has 1 rings (SSSR count). The first-order chi connectivity index (χ1) is 7.86. The van der Waals surface area contributed by atoms with Crippen molar-refractivity contribution in [1.82, 2.24) is 10.6 Å². The van der Waals surface area contributed by atoms with Gasteiger partial charge in [0.15, 0.2) is 0 Å². The van der Waals surface area contributed by atoms with Gasteiger partial charge in [-0.1, -0.05) is 13.3 Å². The van der Waals surface area contributed by atoms with Crippen molar-refractivity contribution in [3.63, 3.8) is 0 Å². The van der Waals surface area contributed by atoms with Crippen LogP contribution in [0.25, 0.3) is 0 Å². The van der Waals surface area contributed by atoms with Crippen molar-refractivity contribution in [2.24, 2.45) is 5.92 Å². The molecular formula is C12H22N2O3. The van der Waals surface area contributed by atoms with Crippen molar-refractivity contribution in [3.8, 4) is 0 Å². The maximum Gasteiger partial charge on any atom is 0.326 e. The third kappa shape index (κ3) is 4.24. The van der Waals surface area contributed by atoms with Gasteiger partial charge in [0.05, 0.1) is 0 Å². The van der Waals surface area contributed by atoms with Crippen LogP contribution >= 0.6 is 0 Å². The highest BCUT2D eigenvalue weighted by Gasteiger charge is 2.39. The number of carbonyl (C=O) groups is 2. The standard InChI is InChI=1S/C12H22N2O3/c1-4-5-9(10(15)16)13-11(17)14-12(2,3)8-6-7-8/h8-9H,4-7H2,1-3H3,(H,15,16)(H2,13,14,17).